The molecule has 3 aliphatic heterocycles. The SMILES string of the molecule is O=C(NOC1CNCCOC1)[C@@H]1CCC2CN1C(=O)N2OS(=O)(=O)O. The topological polar surface area (TPSA) is 147 Å². The number of nitrogens with one attached hydrogen (secondary N) is 2. The summed E-state index contributed by atoms with van der Waals surface area (Å²) in [6.07, 6.45) is 0.316. The number of hydrogen-bond acceptors (Lipinski definition) is 8. The zero-order chi connectivity index (χ0) is 18.0. The second-order valence-electron chi connectivity index (χ2n) is 6.00. The fourth-order valence-electron chi connectivity index (χ4n) is 3.07. The van der Waals surface area contributed by atoms with E-state index in [1.807, 2.05) is 0 Å². The van der Waals surface area contributed by atoms with Crippen LogP contribution in [0.1, 0.15) is 12.8 Å². The van der Waals surface area contributed by atoms with E-state index < -0.39 is 34.4 Å². The molecular weight excluding hydrogens is 360 g/mol. The molecule has 3 heterocycles. The van der Waals surface area contributed by atoms with E-state index in [0.29, 0.717) is 44.2 Å². The van der Waals surface area contributed by atoms with Gasteiger partial charge in [0, 0.05) is 19.6 Å². The minimum atomic E-state index is -4.81. The Hall–Kier alpha value is -1.51. The molecule has 3 saturated heterocycles. The van der Waals surface area contributed by atoms with Gasteiger partial charge >= 0.3 is 16.4 Å². The molecule has 0 aromatic carbocycles. The molecule has 0 aromatic rings. The first-order valence-corrected chi connectivity index (χ1v) is 9.22. The molecular formula is C12H20N4O8S. The molecule has 3 N–H and O–H groups in total. The molecule has 0 aliphatic carbocycles. The van der Waals surface area contributed by atoms with Crippen molar-refractivity contribution in [3.05, 3.63) is 0 Å². The summed E-state index contributed by atoms with van der Waals surface area (Å²) >= 11 is 0. The largest absolute Gasteiger partial charge is 0.418 e. The van der Waals surface area contributed by atoms with Gasteiger partial charge in [-0.3, -0.25) is 14.2 Å². The molecule has 25 heavy (non-hydrogen) atoms. The van der Waals surface area contributed by atoms with Crippen LogP contribution in [-0.2, 0) is 29.1 Å². The summed E-state index contributed by atoms with van der Waals surface area (Å²) < 4.78 is 40.1. The highest BCUT2D eigenvalue weighted by molar-refractivity contribution is 7.80. The van der Waals surface area contributed by atoms with Gasteiger partial charge in [0.1, 0.15) is 12.1 Å². The molecule has 0 spiro atoms. The van der Waals surface area contributed by atoms with Crippen LogP contribution in [-0.4, -0.2) is 85.9 Å². The molecule has 12 nitrogen and oxygen atoms in total. The van der Waals surface area contributed by atoms with Crippen LogP contribution >= 0.6 is 0 Å². The predicted molar refractivity (Wildman–Crippen MR) is 80.1 cm³/mol. The zero-order valence-corrected chi connectivity index (χ0v) is 14.1. The molecule has 13 heteroatoms. The third-order valence-corrected chi connectivity index (χ3v) is 4.57. The van der Waals surface area contributed by atoms with E-state index in [9.17, 15) is 18.0 Å². The monoisotopic (exact) mass is 380 g/mol. The van der Waals surface area contributed by atoms with Crippen LogP contribution in [0.15, 0.2) is 0 Å². The van der Waals surface area contributed by atoms with Gasteiger partial charge in [0.05, 0.1) is 19.3 Å². The summed E-state index contributed by atoms with van der Waals surface area (Å²) in [6, 6.07) is -2.14. The minimum Gasteiger partial charge on any atom is -0.377 e. The number of hydroxylamine groups is 3. The van der Waals surface area contributed by atoms with Crippen LogP contribution in [0.2, 0.25) is 0 Å². The Morgan fingerprint density at radius 2 is 2.20 bits per heavy atom. The third-order valence-electron chi connectivity index (χ3n) is 4.23. The number of piperidine rings is 1. The highest BCUT2D eigenvalue weighted by Crippen LogP contribution is 2.30. The van der Waals surface area contributed by atoms with Gasteiger partial charge in [0.2, 0.25) is 0 Å². The van der Waals surface area contributed by atoms with Crippen LogP contribution in [0.25, 0.3) is 0 Å². The zero-order valence-electron chi connectivity index (χ0n) is 13.3. The molecule has 3 fully saturated rings. The van der Waals surface area contributed by atoms with Crippen molar-refractivity contribution in [2.75, 3.05) is 32.8 Å². The van der Waals surface area contributed by atoms with E-state index in [1.54, 1.807) is 0 Å². The maximum Gasteiger partial charge on any atom is 0.418 e. The first kappa shape index (κ1) is 18.3. The quantitative estimate of drug-likeness (QED) is 0.365. The van der Waals surface area contributed by atoms with E-state index in [1.165, 1.54) is 4.90 Å². The molecule has 0 aromatic heterocycles. The lowest BCUT2D eigenvalue weighted by atomic mass is 10.0. The van der Waals surface area contributed by atoms with E-state index in [0.717, 1.165) is 0 Å². The predicted octanol–water partition coefficient (Wildman–Crippen LogP) is -1.97. The number of fused-ring (bicyclic) bond motifs is 2. The first-order valence-electron chi connectivity index (χ1n) is 7.86. The van der Waals surface area contributed by atoms with Gasteiger partial charge in [-0.2, -0.15) is 13.5 Å². The number of hydrogen-bond donors (Lipinski definition) is 3. The van der Waals surface area contributed by atoms with E-state index in [-0.39, 0.29) is 12.6 Å². The van der Waals surface area contributed by atoms with E-state index in [4.69, 9.17) is 14.1 Å². The van der Waals surface area contributed by atoms with E-state index >= 15 is 0 Å². The standard InChI is InChI=1S/C12H20N4O8S/c17-11(14-23-9-5-13-3-4-22-7-9)10-2-1-8-6-15(10)12(18)16(8)24-25(19,20)21/h8-10,13H,1-7H2,(H,14,17)(H,19,20,21)/t8?,9?,10-/m0/s1. The number of amides is 3. The maximum atomic E-state index is 12.3. The van der Waals surface area contributed by atoms with Crippen molar-refractivity contribution < 1.29 is 36.4 Å². The highest BCUT2D eigenvalue weighted by atomic mass is 32.3. The van der Waals surface area contributed by atoms with Gasteiger partial charge in [-0.05, 0) is 12.8 Å². The number of rotatable bonds is 5. The average molecular weight is 380 g/mol. The molecule has 2 bridgehead atoms. The Balaban J connectivity index is 1.56. The second kappa shape index (κ2) is 7.39. The number of urea groups is 1. The summed E-state index contributed by atoms with van der Waals surface area (Å²) in [5.74, 6) is -0.509. The Morgan fingerprint density at radius 1 is 1.40 bits per heavy atom. The van der Waals surface area contributed by atoms with Gasteiger partial charge in [-0.25, -0.2) is 10.3 Å². The summed E-state index contributed by atoms with van der Waals surface area (Å²) in [5.41, 5.74) is 2.34. The van der Waals surface area contributed by atoms with Crippen molar-refractivity contribution in [2.45, 2.75) is 31.0 Å². The molecule has 3 rings (SSSR count). The van der Waals surface area contributed by atoms with E-state index in [2.05, 4.69) is 15.1 Å². The van der Waals surface area contributed by atoms with Crippen molar-refractivity contribution in [2.24, 2.45) is 0 Å². The van der Waals surface area contributed by atoms with Gasteiger partial charge in [0.15, 0.2) is 0 Å². The molecule has 2 unspecified atom stereocenters. The van der Waals surface area contributed by atoms with Crippen molar-refractivity contribution in [1.82, 2.24) is 20.8 Å². The van der Waals surface area contributed by atoms with Crippen LogP contribution in [0.4, 0.5) is 4.79 Å². The Morgan fingerprint density at radius 3 is 2.96 bits per heavy atom. The Bertz CT molecular complexity index is 621. The van der Waals surface area contributed by atoms with Gasteiger partial charge in [-0.15, -0.1) is 4.28 Å². The smallest absolute Gasteiger partial charge is 0.377 e. The number of carbonyl (C=O) groups excluding carboxylic acids is 2. The lowest BCUT2D eigenvalue weighted by molar-refractivity contribution is -0.145. The normalized spacial score (nSPS) is 30.3. The fraction of sp³-hybridized carbons (Fsp3) is 0.833. The molecule has 0 radical (unpaired) electrons. The van der Waals surface area contributed by atoms with Gasteiger partial charge in [0.25, 0.3) is 5.91 Å². The number of carbonyl (C=O) groups is 2. The summed E-state index contributed by atoms with van der Waals surface area (Å²) in [5, 5.41) is 3.68. The molecule has 3 aliphatic rings. The maximum absolute atomic E-state index is 12.3. The van der Waals surface area contributed by atoms with Crippen molar-refractivity contribution in [3.63, 3.8) is 0 Å². The Kier molecular flexibility index (Phi) is 5.41. The minimum absolute atomic E-state index is 0.126. The molecule has 142 valence electrons. The third kappa shape index (κ3) is 4.37. The first-order chi connectivity index (χ1) is 11.8. The average Bonchev–Trinajstić information content (AvgIpc) is 2.77. The van der Waals surface area contributed by atoms with Crippen molar-refractivity contribution >= 4 is 22.3 Å². The van der Waals surface area contributed by atoms with Crippen molar-refractivity contribution in [3.8, 4) is 0 Å². The second-order valence-corrected chi connectivity index (χ2v) is 7.00. The molecule has 3 amide bonds. The lowest BCUT2D eigenvalue weighted by Gasteiger charge is -2.29. The summed E-state index contributed by atoms with van der Waals surface area (Å²) in [4.78, 5) is 31.1. The molecule has 0 saturated carbocycles. The van der Waals surface area contributed by atoms with Gasteiger partial charge in [-0.1, -0.05) is 0 Å². The molecule has 3 atom stereocenters. The lowest BCUT2D eigenvalue weighted by Crippen LogP contribution is -2.51. The highest BCUT2D eigenvalue weighted by Gasteiger charge is 2.49. The summed E-state index contributed by atoms with van der Waals surface area (Å²) in [7, 11) is -4.81. The number of ether oxygens (including phenoxy) is 1. The number of nitrogens with zero attached hydrogens (tertiary/aromatic N) is 2. The van der Waals surface area contributed by atoms with Crippen LogP contribution in [0, 0.1) is 0 Å². The van der Waals surface area contributed by atoms with Gasteiger partial charge < -0.3 is 15.0 Å². The van der Waals surface area contributed by atoms with Crippen LogP contribution < -0.4 is 10.8 Å². The van der Waals surface area contributed by atoms with Crippen LogP contribution in [0.3, 0.4) is 0 Å². The fourth-order valence-corrected chi connectivity index (χ4v) is 3.46. The van der Waals surface area contributed by atoms with Crippen LogP contribution in [0.5, 0.6) is 0 Å². The Labute approximate surface area is 144 Å². The van der Waals surface area contributed by atoms with Crippen molar-refractivity contribution in [1.29, 1.82) is 0 Å². The summed E-state index contributed by atoms with van der Waals surface area (Å²) in [6.45, 7) is 2.23.